The van der Waals surface area contributed by atoms with Gasteiger partial charge >= 0.3 is 0 Å². The zero-order chi connectivity index (χ0) is 20.4. The van der Waals surface area contributed by atoms with Gasteiger partial charge in [-0.05, 0) is 24.3 Å². The maximum Gasteiger partial charge on any atom is 0.257 e. The molecular formula is C20H19F3N4OS. The average molecular weight is 420 g/mol. The van der Waals surface area contributed by atoms with Crippen molar-refractivity contribution in [1.29, 1.82) is 0 Å². The highest BCUT2D eigenvalue weighted by Crippen LogP contribution is 2.30. The number of nitrogens with zero attached hydrogens (tertiary/aromatic N) is 3. The fraction of sp³-hybridized carbons (Fsp3) is 0.300. The van der Waals surface area contributed by atoms with Gasteiger partial charge in [-0.1, -0.05) is 23.5 Å². The van der Waals surface area contributed by atoms with Crippen LogP contribution in [0.15, 0.2) is 36.4 Å². The first-order chi connectivity index (χ1) is 14.0. The van der Waals surface area contributed by atoms with Gasteiger partial charge in [-0.3, -0.25) is 9.69 Å². The van der Waals surface area contributed by atoms with Gasteiger partial charge < -0.3 is 10.2 Å². The van der Waals surface area contributed by atoms with Crippen LogP contribution in [0.25, 0.3) is 10.2 Å². The summed E-state index contributed by atoms with van der Waals surface area (Å²) in [5.74, 6) is -2.81. The first kappa shape index (κ1) is 19.7. The number of piperazine rings is 1. The minimum Gasteiger partial charge on any atom is -0.351 e. The lowest BCUT2D eigenvalue weighted by Crippen LogP contribution is -2.48. The third-order valence-corrected chi connectivity index (χ3v) is 5.99. The van der Waals surface area contributed by atoms with E-state index in [0.717, 1.165) is 48.1 Å². The molecule has 1 aromatic heterocycles. The summed E-state index contributed by atoms with van der Waals surface area (Å²) in [5, 5.41) is 3.37. The lowest BCUT2D eigenvalue weighted by Gasteiger charge is -2.34. The van der Waals surface area contributed by atoms with Gasteiger partial charge in [-0.25, -0.2) is 18.2 Å². The van der Waals surface area contributed by atoms with Crippen LogP contribution in [0.5, 0.6) is 0 Å². The smallest absolute Gasteiger partial charge is 0.257 e. The highest BCUT2D eigenvalue weighted by Gasteiger charge is 2.21. The molecule has 0 atom stereocenters. The Bertz CT molecular complexity index is 1010. The lowest BCUT2D eigenvalue weighted by molar-refractivity contribution is 0.0939. The standard InChI is InChI=1S/C20H19F3N4OS/c21-13-3-1-4-14(22)17(13)19(28)24-7-8-26-9-11-27(12-10-26)20-25-18-15(23)5-2-6-16(18)29-20/h1-6H,7-12H2,(H,24,28). The predicted octanol–water partition coefficient (Wildman–Crippen LogP) is 3.27. The Morgan fingerprint density at radius 1 is 1.00 bits per heavy atom. The van der Waals surface area contributed by atoms with Crippen molar-refractivity contribution in [2.45, 2.75) is 0 Å². The Labute approximate surface area is 169 Å². The van der Waals surface area contributed by atoms with Crippen LogP contribution in [0.3, 0.4) is 0 Å². The number of hydrogen-bond acceptors (Lipinski definition) is 5. The molecule has 1 N–H and O–H groups in total. The maximum absolute atomic E-state index is 13.8. The molecule has 1 saturated heterocycles. The SMILES string of the molecule is O=C(NCCN1CCN(c2nc3c(F)cccc3s2)CC1)c1c(F)cccc1F. The van der Waals surface area contributed by atoms with E-state index in [-0.39, 0.29) is 5.82 Å². The van der Waals surface area contributed by atoms with Crippen molar-refractivity contribution in [3.05, 3.63) is 59.4 Å². The molecule has 9 heteroatoms. The van der Waals surface area contributed by atoms with Gasteiger partial charge in [0.05, 0.1) is 4.70 Å². The first-order valence-corrected chi connectivity index (χ1v) is 10.1. The molecule has 5 nitrogen and oxygen atoms in total. The molecule has 2 heterocycles. The number of hydrogen-bond donors (Lipinski definition) is 1. The van der Waals surface area contributed by atoms with Gasteiger partial charge in [-0.2, -0.15) is 0 Å². The van der Waals surface area contributed by atoms with Crippen molar-refractivity contribution in [1.82, 2.24) is 15.2 Å². The Morgan fingerprint density at radius 3 is 2.34 bits per heavy atom. The van der Waals surface area contributed by atoms with E-state index in [1.54, 1.807) is 6.07 Å². The summed E-state index contributed by atoms with van der Waals surface area (Å²) in [6.45, 7) is 3.84. The fourth-order valence-electron chi connectivity index (χ4n) is 3.33. The summed E-state index contributed by atoms with van der Waals surface area (Å²) in [6.07, 6.45) is 0. The first-order valence-electron chi connectivity index (χ1n) is 9.27. The molecule has 0 saturated carbocycles. The molecule has 0 radical (unpaired) electrons. The van der Waals surface area contributed by atoms with Crippen LogP contribution >= 0.6 is 11.3 Å². The number of rotatable bonds is 5. The predicted molar refractivity (Wildman–Crippen MR) is 107 cm³/mol. The lowest BCUT2D eigenvalue weighted by atomic mass is 10.2. The van der Waals surface area contributed by atoms with Crippen LogP contribution in [-0.4, -0.2) is 55.1 Å². The molecule has 0 bridgehead atoms. The molecule has 1 fully saturated rings. The highest BCUT2D eigenvalue weighted by atomic mass is 32.1. The minimum atomic E-state index is -0.872. The number of halogens is 3. The van der Waals surface area contributed by atoms with Crippen molar-refractivity contribution in [2.24, 2.45) is 0 Å². The number of anilines is 1. The van der Waals surface area contributed by atoms with Crippen molar-refractivity contribution in [3.63, 3.8) is 0 Å². The van der Waals surface area contributed by atoms with Crippen LogP contribution in [-0.2, 0) is 0 Å². The van der Waals surface area contributed by atoms with E-state index in [4.69, 9.17) is 0 Å². The zero-order valence-corrected chi connectivity index (χ0v) is 16.3. The summed E-state index contributed by atoms with van der Waals surface area (Å²) >= 11 is 1.47. The summed E-state index contributed by atoms with van der Waals surface area (Å²) < 4.78 is 42.0. The molecule has 29 heavy (non-hydrogen) atoms. The second-order valence-corrected chi connectivity index (χ2v) is 7.77. The van der Waals surface area contributed by atoms with Crippen LogP contribution in [0.2, 0.25) is 0 Å². The normalized spacial score (nSPS) is 15.1. The maximum atomic E-state index is 13.8. The fourth-order valence-corrected chi connectivity index (χ4v) is 4.36. The van der Waals surface area contributed by atoms with Gasteiger partial charge in [0.25, 0.3) is 5.91 Å². The van der Waals surface area contributed by atoms with E-state index in [9.17, 15) is 18.0 Å². The summed E-state index contributed by atoms with van der Waals surface area (Å²) in [4.78, 5) is 20.7. The topological polar surface area (TPSA) is 48.5 Å². The van der Waals surface area contributed by atoms with E-state index >= 15 is 0 Å². The number of nitrogens with one attached hydrogen (secondary N) is 1. The number of carbonyl (C=O) groups excluding carboxylic acids is 1. The van der Waals surface area contributed by atoms with Crippen molar-refractivity contribution < 1.29 is 18.0 Å². The van der Waals surface area contributed by atoms with E-state index in [2.05, 4.69) is 20.1 Å². The molecule has 0 unspecified atom stereocenters. The molecule has 1 aliphatic heterocycles. The Balaban J connectivity index is 1.28. The molecule has 4 rings (SSSR count). The quantitative estimate of drug-likeness (QED) is 0.689. The molecule has 3 aromatic rings. The number of thiazole rings is 1. The van der Waals surface area contributed by atoms with Crippen molar-refractivity contribution in [3.8, 4) is 0 Å². The monoisotopic (exact) mass is 420 g/mol. The number of fused-ring (bicyclic) bond motifs is 1. The van der Waals surface area contributed by atoms with Gasteiger partial charge in [0.15, 0.2) is 5.13 Å². The van der Waals surface area contributed by atoms with E-state index in [1.807, 2.05) is 6.07 Å². The third kappa shape index (κ3) is 4.20. The van der Waals surface area contributed by atoms with Crippen molar-refractivity contribution in [2.75, 3.05) is 44.2 Å². The second-order valence-electron chi connectivity index (χ2n) is 6.76. The summed E-state index contributed by atoms with van der Waals surface area (Å²) in [5.41, 5.74) is -0.154. The number of benzene rings is 2. The molecule has 1 aliphatic rings. The van der Waals surface area contributed by atoms with E-state index < -0.39 is 23.1 Å². The van der Waals surface area contributed by atoms with Crippen LogP contribution in [0.4, 0.5) is 18.3 Å². The molecule has 0 aliphatic carbocycles. The van der Waals surface area contributed by atoms with Gasteiger partial charge in [0, 0.05) is 39.3 Å². The van der Waals surface area contributed by atoms with Crippen LogP contribution < -0.4 is 10.2 Å². The molecule has 152 valence electrons. The van der Waals surface area contributed by atoms with E-state index in [1.165, 1.54) is 23.5 Å². The minimum absolute atomic E-state index is 0.291. The van der Waals surface area contributed by atoms with Crippen LogP contribution in [0.1, 0.15) is 10.4 Å². The Kier molecular flexibility index (Phi) is 5.68. The number of aromatic nitrogens is 1. The Hall–Kier alpha value is -2.65. The number of amides is 1. The molecular weight excluding hydrogens is 401 g/mol. The van der Waals surface area contributed by atoms with Gasteiger partial charge in [0.1, 0.15) is 28.5 Å². The van der Waals surface area contributed by atoms with Gasteiger partial charge in [0.2, 0.25) is 0 Å². The number of para-hydroxylation sites is 1. The zero-order valence-electron chi connectivity index (χ0n) is 15.5. The second kappa shape index (κ2) is 8.38. The molecule has 1 amide bonds. The summed E-state index contributed by atoms with van der Waals surface area (Å²) in [7, 11) is 0. The van der Waals surface area contributed by atoms with Gasteiger partial charge in [-0.15, -0.1) is 0 Å². The highest BCUT2D eigenvalue weighted by molar-refractivity contribution is 7.22. The molecule has 0 spiro atoms. The van der Waals surface area contributed by atoms with Crippen molar-refractivity contribution >= 4 is 32.6 Å². The third-order valence-electron chi connectivity index (χ3n) is 4.90. The largest absolute Gasteiger partial charge is 0.351 e. The molecule has 2 aromatic carbocycles. The van der Waals surface area contributed by atoms with E-state index in [0.29, 0.717) is 18.6 Å². The average Bonchev–Trinajstić information content (AvgIpc) is 3.14. The number of carbonyl (C=O) groups is 1. The summed E-state index contributed by atoms with van der Waals surface area (Å²) in [6, 6.07) is 8.29. The van der Waals surface area contributed by atoms with Crippen LogP contribution in [0, 0.1) is 17.5 Å². The Morgan fingerprint density at radius 2 is 1.66 bits per heavy atom.